The van der Waals surface area contributed by atoms with Gasteiger partial charge >= 0.3 is 0 Å². The van der Waals surface area contributed by atoms with Gasteiger partial charge in [0.1, 0.15) is 6.23 Å². The van der Waals surface area contributed by atoms with Crippen LogP contribution < -0.4 is 10.6 Å². The number of benzene rings is 1. The van der Waals surface area contributed by atoms with E-state index in [9.17, 15) is 9.90 Å². The second-order valence-corrected chi connectivity index (χ2v) is 4.31. The first-order valence-electron chi connectivity index (χ1n) is 4.95. The summed E-state index contributed by atoms with van der Waals surface area (Å²) in [6.45, 7) is 2.09. The van der Waals surface area contributed by atoms with Crippen molar-refractivity contribution in [2.24, 2.45) is 0 Å². The van der Waals surface area contributed by atoms with Gasteiger partial charge in [0.15, 0.2) is 0 Å². The zero-order valence-corrected chi connectivity index (χ0v) is 11.2. The number of hydrogen-bond acceptors (Lipinski definition) is 3. The zero-order chi connectivity index (χ0) is 12.0. The van der Waals surface area contributed by atoms with Crippen molar-refractivity contribution in [3.05, 3.63) is 29.8 Å². The number of halogens is 1. The van der Waals surface area contributed by atoms with Crippen LogP contribution in [0.25, 0.3) is 0 Å². The summed E-state index contributed by atoms with van der Waals surface area (Å²) in [5.74, 6) is -0.0776. The number of nitrogens with one attached hydrogen (secondary N) is 2. The molecule has 1 aromatic rings. The van der Waals surface area contributed by atoms with Crippen LogP contribution in [-0.4, -0.2) is 21.7 Å². The van der Waals surface area contributed by atoms with Crippen molar-refractivity contribution in [2.75, 3.05) is 9.74 Å². The van der Waals surface area contributed by atoms with Gasteiger partial charge in [0, 0.05) is 23.6 Å². The second kappa shape index (κ2) is 6.82. The van der Waals surface area contributed by atoms with E-state index in [-0.39, 0.29) is 5.91 Å². The number of carbonyl (C=O) groups is 1. The second-order valence-electron chi connectivity index (χ2n) is 3.43. The molecular weight excluding hydrogens is 319 g/mol. The summed E-state index contributed by atoms with van der Waals surface area (Å²) in [4.78, 5) is 10.8. The highest BCUT2D eigenvalue weighted by molar-refractivity contribution is 14.1. The summed E-state index contributed by atoms with van der Waals surface area (Å²) in [6.07, 6.45) is -0.476. The first kappa shape index (κ1) is 13.4. The summed E-state index contributed by atoms with van der Waals surface area (Å²) in [5.41, 5.74) is 1.85. The molecule has 5 heteroatoms. The first-order chi connectivity index (χ1) is 7.61. The summed E-state index contributed by atoms with van der Waals surface area (Å²) in [5, 5.41) is 15.0. The quantitative estimate of drug-likeness (QED) is 0.434. The average molecular weight is 334 g/mol. The van der Waals surface area contributed by atoms with E-state index in [0.29, 0.717) is 11.0 Å². The molecule has 0 aliphatic rings. The van der Waals surface area contributed by atoms with E-state index in [1.807, 2.05) is 24.3 Å². The number of aliphatic hydroxyl groups is 1. The fourth-order valence-electron chi connectivity index (χ4n) is 1.20. The molecule has 0 aliphatic heterocycles. The zero-order valence-electron chi connectivity index (χ0n) is 9.03. The van der Waals surface area contributed by atoms with Crippen molar-refractivity contribution in [3.63, 3.8) is 0 Å². The molecular formula is C11H15IN2O2. The Bertz CT molecular complexity index is 340. The summed E-state index contributed by atoms with van der Waals surface area (Å²) < 4.78 is 0.654. The Balaban J connectivity index is 2.48. The van der Waals surface area contributed by atoms with Crippen molar-refractivity contribution < 1.29 is 9.90 Å². The minimum atomic E-state index is -0.476. The van der Waals surface area contributed by atoms with Crippen LogP contribution in [0.2, 0.25) is 0 Å². The van der Waals surface area contributed by atoms with Gasteiger partial charge in [-0.25, -0.2) is 0 Å². The molecule has 1 aromatic carbocycles. The summed E-state index contributed by atoms with van der Waals surface area (Å²) in [6, 6.07) is 7.51. The Hall–Kier alpha value is -0.660. The standard InChI is InChI=1S/C11H15IN2O2/c1-8(15)14-10-4-2-9(3-5-10)7-13-11(16)6-12/h2-5,11,13,16H,6-7H2,1H3,(H,14,15). The lowest BCUT2D eigenvalue weighted by Crippen LogP contribution is -2.29. The summed E-state index contributed by atoms with van der Waals surface area (Å²) >= 11 is 2.11. The molecule has 0 heterocycles. The van der Waals surface area contributed by atoms with Crippen LogP contribution in [0, 0.1) is 0 Å². The predicted molar refractivity (Wildman–Crippen MR) is 72.5 cm³/mol. The SMILES string of the molecule is CC(=O)Nc1ccc(CNC(O)CI)cc1. The highest BCUT2D eigenvalue weighted by Gasteiger charge is 2.00. The number of hydrogen-bond donors (Lipinski definition) is 3. The van der Waals surface area contributed by atoms with E-state index < -0.39 is 6.23 Å². The van der Waals surface area contributed by atoms with Gasteiger partial charge in [0.2, 0.25) is 5.91 Å². The van der Waals surface area contributed by atoms with Gasteiger partial charge in [-0.2, -0.15) is 0 Å². The van der Waals surface area contributed by atoms with E-state index in [1.54, 1.807) is 0 Å². The van der Waals surface area contributed by atoms with E-state index in [1.165, 1.54) is 6.92 Å². The molecule has 0 radical (unpaired) electrons. The molecule has 0 aliphatic carbocycles. The average Bonchev–Trinajstić information content (AvgIpc) is 2.27. The molecule has 1 atom stereocenters. The van der Waals surface area contributed by atoms with Crippen LogP contribution >= 0.6 is 22.6 Å². The predicted octanol–water partition coefficient (Wildman–Crippen LogP) is 1.49. The van der Waals surface area contributed by atoms with Crippen molar-refractivity contribution in [3.8, 4) is 0 Å². The maximum absolute atomic E-state index is 10.8. The smallest absolute Gasteiger partial charge is 0.221 e. The number of amides is 1. The molecule has 16 heavy (non-hydrogen) atoms. The molecule has 0 saturated carbocycles. The fraction of sp³-hybridized carbons (Fsp3) is 0.364. The van der Waals surface area contributed by atoms with Gasteiger partial charge in [0.05, 0.1) is 0 Å². The monoisotopic (exact) mass is 334 g/mol. The van der Waals surface area contributed by atoms with Gasteiger partial charge in [-0.3, -0.25) is 10.1 Å². The van der Waals surface area contributed by atoms with Crippen molar-refractivity contribution in [2.45, 2.75) is 19.7 Å². The van der Waals surface area contributed by atoms with E-state index in [2.05, 4.69) is 33.2 Å². The molecule has 88 valence electrons. The highest BCUT2D eigenvalue weighted by Crippen LogP contribution is 2.09. The van der Waals surface area contributed by atoms with E-state index in [4.69, 9.17) is 0 Å². The van der Waals surface area contributed by atoms with Gasteiger partial charge in [0.25, 0.3) is 0 Å². The molecule has 0 saturated heterocycles. The van der Waals surface area contributed by atoms with Gasteiger partial charge in [-0.1, -0.05) is 34.7 Å². The Morgan fingerprint density at radius 1 is 1.44 bits per heavy atom. The molecule has 1 rings (SSSR count). The number of aliphatic hydroxyl groups excluding tert-OH is 1. The molecule has 0 spiro atoms. The minimum absolute atomic E-state index is 0.0776. The molecule has 1 unspecified atom stereocenters. The van der Waals surface area contributed by atoms with Crippen LogP contribution in [0.4, 0.5) is 5.69 Å². The highest BCUT2D eigenvalue weighted by atomic mass is 127. The maximum atomic E-state index is 10.8. The number of rotatable bonds is 5. The Kier molecular flexibility index (Phi) is 5.72. The van der Waals surface area contributed by atoms with Gasteiger partial charge in [-0.15, -0.1) is 0 Å². The van der Waals surface area contributed by atoms with Crippen LogP contribution in [0.15, 0.2) is 24.3 Å². The molecule has 0 aromatic heterocycles. The van der Waals surface area contributed by atoms with Crippen LogP contribution in [-0.2, 0) is 11.3 Å². The largest absolute Gasteiger partial charge is 0.378 e. The van der Waals surface area contributed by atoms with Crippen molar-refractivity contribution in [1.29, 1.82) is 0 Å². The number of anilines is 1. The normalized spacial score (nSPS) is 12.2. The third kappa shape index (κ3) is 4.91. The Morgan fingerprint density at radius 3 is 2.56 bits per heavy atom. The van der Waals surface area contributed by atoms with Crippen LogP contribution in [0.3, 0.4) is 0 Å². The van der Waals surface area contributed by atoms with E-state index >= 15 is 0 Å². The molecule has 0 bridgehead atoms. The van der Waals surface area contributed by atoms with Gasteiger partial charge < -0.3 is 10.4 Å². The third-order valence-electron chi connectivity index (χ3n) is 1.96. The Labute approximate surface area is 109 Å². The number of carbonyl (C=O) groups excluding carboxylic acids is 1. The molecule has 1 amide bonds. The van der Waals surface area contributed by atoms with Crippen LogP contribution in [0.1, 0.15) is 12.5 Å². The number of alkyl halides is 1. The minimum Gasteiger partial charge on any atom is -0.378 e. The lowest BCUT2D eigenvalue weighted by Gasteiger charge is -2.10. The molecule has 0 fully saturated rings. The molecule has 3 N–H and O–H groups in total. The lowest BCUT2D eigenvalue weighted by molar-refractivity contribution is -0.114. The van der Waals surface area contributed by atoms with Crippen molar-refractivity contribution >= 4 is 34.2 Å². The maximum Gasteiger partial charge on any atom is 0.221 e. The summed E-state index contributed by atoms with van der Waals surface area (Å²) in [7, 11) is 0. The first-order valence-corrected chi connectivity index (χ1v) is 6.48. The van der Waals surface area contributed by atoms with Crippen molar-refractivity contribution in [1.82, 2.24) is 5.32 Å². The Morgan fingerprint density at radius 2 is 2.06 bits per heavy atom. The van der Waals surface area contributed by atoms with Crippen LogP contribution in [0.5, 0.6) is 0 Å². The lowest BCUT2D eigenvalue weighted by atomic mass is 10.2. The topological polar surface area (TPSA) is 61.4 Å². The van der Waals surface area contributed by atoms with E-state index in [0.717, 1.165) is 11.3 Å². The van der Waals surface area contributed by atoms with Gasteiger partial charge in [-0.05, 0) is 17.7 Å². The fourth-order valence-corrected chi connectivity index (χ4v) is 1.51. The molecule has 4 nitrogen and oxygen atoms in total. The third-order valence-corrected chi connectivity index (χ3v) is 2.80.